The summed E-state index contributed by atoms with van der Waals surface area (Å²) in [7, 11) is 0. The fraction of sp³-hybridized carbons (Fsp3) is 0.980. The summed E-state index contributed by atoms with van der Waals surface area (Å²) in [5, 5.41) is 43.9. The number of carbonyl (C=O) groups excluding carboxylic acids is 1. The van der Waals surface area contributed by atoms with Gasteiger partial charge in [-0.25, -0.2) is 0 Å². The summed E-state index contributed by atoms with van der Waals surface area (Å²) in [5.41, 5.74) is 0. The summed E-state index contributed by atoms with van der Waals surface area (Å²) >= 11 is 0. The van der Waals surface area contributed by atoms with Gasteiger partial charge in [0.1, 0.15) is 12.2 Å². The third kappa shape index (κ3) is 40.5. The van der Waals surface area contributed by atoms with Crippen LogP contribution >= 0.6 is 0 Å². The minimum absolute atomic E-state index is 0.376. The van der Waals surface area contributed by atoms with Crippen LogP contribution < -0.4 is 5.32 Å². The van der Waals surface area contributed by atoms with Gasteiger partial charge in [0.25, 0.3) is 0 Å². The molecule has 0 heterocycles. The van der Waals surface area contributed by atoms with E-state index < -0.39 is 36.9 Å². The molecule has 0 aromatic heterocycles. The molecule has 0 saturated carbocycles. The van der Waals surface area contributed by atoms with Crippen molar-refractivity contribution in [1.29, 1.82) is 0 Å². The summed E-state index contributed by atoms with van der Waals surface area (Å²) < 4.78 is 0. The predicted octanol–water partition coefficient (Wildman–Crippen LogP) is 14.4. The van der Waals surface area contributed by atoms with E-state index in [4.69, 9.17) is 0 Å². The first-order valence-corrected chi connectivity index (χ1v) is 25.9. The van der Waals surface area contributed by atoms with Crippen molar-refractivity contribution < 1.29 is 25.2 Å². The normalized spacial score (nSPS) is 13.9. The molecule has 6 nitrogen and oxygen atoms in total. The van der Waals surface area contributed by atoms with Gasteiger partial charge in [0.2, 0.25) is 5.91 Å². The summed E-state index contributed by atoms with van der Waals surface area (Å²) in [6, 6.07) is -0.980. The molecule has 342 valence electrons. The molecule has 0 aliphatic carbocycles. The summed E-state index contributed by atoms with van der Waals surface area (Å²) in [6.07, 6.45) is 51.5. The fourth-order valence-electron chi connectivity index (χ4n) is 8.47. The monoisotopic (exact) mass is 810 g/mol. The standard InChI is InChI=1S/C51H103NO5/c1-3-5-7-9-11-13-15-17-19-21-23-24-25-27-29-31-33-35-37-39-41-43-45-49(55)51(57)52-47(46-53)50(56)48(54)44-42-40-38-36-34-32-30-28-26-22-20-18-16-14-12-10-8-6-4-2/h47-50,53-56H,3-46H2,1-2H3,(H,52,57). The van der Waals surface area contributed by atoms with Gasteiger partial charge in [0, 0.05) is 0 Å². The number of rotatable bonds is 48. The molecule has 0 radical (unpaired) electrons. The summed E-state index contributed by atoms with van der Waals surface area (Å²) in [6.45, 7) is 4.09. The molecule has 0 aromatic rings. The Labute approximate surface area is 356 Å². The van der Waals surface area contributed by atoms with Crippen LogP contribution in [-0.2, 0) is 4.79 Å². The van der Waals surface area contributed by atoms with Crippen molar-refractivity contribution in [3.63, 3.8) is 0 Å². The maximum Gasteiger partial charge on any atom is 0.249 e. The Hall–Kier alpha value is -0.690. The number of unbranched alkanes of at least 4 members (excludes halogenated alkanes) is 39. The Bertz CT molecular complexity index is 781. The molecule has 4 atom stereocenters. The number of hydrogen-bond donors (Lipinski definition) is 5. The van der Waals surface area contributed by atoms with E-state index in [9.17, 15) is 25.2 Å². The molecule has 6 heteroatoms. The Morgan fingerprint density at radius 3 is 0.842 bits per heavy atom. The van der Waals surface area contributed by atoms with E-state index in [1.54, 1.807) is 0 Å². The molecule has 0 spiro atoms. The van der Waals surface area contributed by atoms with Gasteiger partial charge in [0.05, 0.1) is 18.8 Å². The smallest absolute Gasteiger partial charge is 0.249 e. The average Bonchev–Trinajstić information content (AvgIpc) is 3.22. The molecule has 57 heavy (non-hydrogen) atoms. The molecule has 0 aliphatic rings. The molecule has 4 unspecified atom stereocenters. The van der Waals surface area contributed by atoms with Crippen LogP contribution in [0, 0.1) is 0 Å². The Kier molecular flexibility index (Phi) is 45.8. The topological polar surface area (TPSA) is 110 Å². The second-order valence-corrected chi connectivity index (χ2v) is 18.2. The molecule has 0 saturated heterocycles. The quantitative estimate of drug-likeness (QED) is 0.0393. The number of aliphatic hydroxyl groups excluding tert-OH is 4. The highest BCUT2D eigenvalue weighted by atomic mass is 16.3. The molecule has 5 N–H and O–H groups in total. The average molecular weight is 810 g/mol. The van der Waals surface area contributed by atoms with E-state index in [0.29, 0.717) is 12.8 Å². The number of hydrogen-bond acceptors (Lipinski definition) is 5. The summed E-state index contributed by atoms with van der Waals surface area (Å²) in [4.78, 5) is 12.6. The lowest BCUT2D eigenvalue weighted by Gasteiger charge is -2.27. The first-order valence-electron chi connectivity index (χ1n) is 25.9. The van der Waals surface area contributed by atoms with Gasteiger partial charge < -0.3 is 25.7 Å². The highest BCUT2D eigenvalue weighted by molar-refractivity contribution is 5.80. The van der Waals surface area contributed by atoms with Gasteiger partial charge in [-0.2, -0.15) is 0 Å². The zero-order chi connectivity index (χ0) is 41.7. The third-order valence-electron chi connectivity index (χ3n) is 12.6. The lowest BCUT2D eigenvalue weighted by molar-refractivity contribution is -0.132. The van der Waals surface area contributed by atoms with Crippen molar-refractivity contribution in [2.75, 3.05) is 6.61 Å². The first kappa shape index (κ1) is 56.3. The van der Waals surface area contributed by atoms with Gasteiger partial charge in [-0.15, -0.1) is 0 Å². The molecule has 1 amide bonds. The van der Waals surface area contributed by atoms with Crippen molar-refractivity contribution in [3.8, 4) is 0 Å². The minimum Gasteiger partial charge on any atom is -0.394 e. The van der Waals surface area contributed by atoms with Crippen LogP contribution in [0.3, 0.4) is 0 Å². The van der Waals surface area contributed by atoms with Crippen LogP contribution in [-0.4, -0.2) is 57.3 Å². The molecule has 0 aromatic carbocycles. The minimum atomic E-state index is -1.25. The Morgan fingerprint density at radius 2 is 0.596 bits per heavy atom. The fourth-order valence-corrected chi connectivity index (χ4v) is 8.47. The molecular formula is C51H103NO5. The maximum atomic E-state index is 12.6. The molecule has 0 bridgehead atoms. The first-order chi connectivity index (χ1) is 28.0. The van der Waals surface area contributed by atoms with Crippen molar-refractivity contribution in [2.45, 2.75) is 314 Å². The lowest BCUT2D eigenvalue weighted by Crippen LogP contribution is -2.53. The zero-order valence-electron chi connectivity index (χ0n) is 38.6. The van der Waals surface area contributed by atoms with Crippen LogP contribution in [0.1, 0.15) is 290 Å². The molecular weight excluding hydrogens is 707 g/mol. The van der Waals surface area contributed by atoms with Gasteiger partial charge in [-0.1, -0.05) is 277 Å². The second-order valence-electron chi connectivity index (χ2n) is 18.2. The Balaban J connectivity index is 3.62. The largest absolute Gasteiger partial charge is 0.394 e. The maximum absolute atomic E-state index is 12.6. The zero-order valence-corrected chi connectivity index (χ0v) is 38.6. The lowest BCUT2D eigenvalue weighted by atomic mass is 9.99. The van der Waals surface area contributed by atoms with Crippen molar-refractivity contribution in [2.24, 2.45) is 0 Å². The number of amides is 1. The van der Waals surface area contributed by atoms with Crippen LogP contribution in [0.2, 0.25) is 0 Å². The Morgan fingerprint density at radius 1 is 0.368 bits per heavy atom. The van der Waals surface area contributed by atoms with Gasteiger partial charge in [-0.05, 0) is 12.8 Å². The van der Waals surface area contributed by atoms with Crippen LogP contribution in [0.4, 0.5) is 0 Å². The molecule has 0 aliphatic heterocycles. The third-order valence-corrected chi connectivity index (χ3v) is 12.6. The van der Waals surface area contributed by atoms with Crippen LogP contribution in [0.15, 0.2) is 0 Å². The van der Waals surface area contributed by atoms with E-state index in [1.165, 1.54) is 225 Å². The van der Waals surface area contributed by atoms with Crippen molar-refractivity contribution >= 4 is 5.91 Å². The molecule has 0 rings (SSSR count). The van der Waals surface area contributed by atoms with E-state index >= 15 is 0 Å². The highest BCUT2D eigenvalue weighted by Crippen LogP contribution is 2.18. The number of carbonyl (C=O) groups is 1. The van der Waals surface area contributed by atoms with E-state index in [-0.39, 0.29) is 0 Å². The number of aliphatic hydroxyl groups is 4. The predicted molar refractivity (Wildman–Crippen MR) is 247 cm³/mol. The van der Waals surface area contributed by atoms with Crippen LogP contribution in [0.5, 0.6) is 0 Å². The van der Waals surface area contributed by atoms with Crippen molar-refractivity contribution in [3.05, 3.63) is 0 Å². The van der Waals surface area contributed by atoms with E-state index in [1.807, 2.05) is 0 Å². The van der Waals surface area contributed by atoms with Crippen molar-refractivity contribution in [1.82, 2.24) is 5.32 Å². The van der Waals surface area contributed by atoms with E-state index in [2.05, 4.69) is 19.2 Å². The van der Waals surface area contributed by atoms with E-state index in [0.717, 1.165) is 38.5 Å². The summed E-state index contributed by atoms with van der Waals surface area (Å²) in [5.74, 6) is -0.577. The SMILES string of the molecule is CCCCCCCCCCCCCCCCCCCCCCCCC(O)C(=O)NC(CO)C(O)C(O)CCCCCCCCCCCCCCCCCCCCC. The van der Waals surface area contributed by atoms with Gasteiger partial charge in [-0.3, -0.25) is 4.79 Å². The number of nitrogens with one attached hydrogen (secondary N) is 1. The highest BCUT2D eigenvalue weighted by Gasteiger charge is 2.28. The van der Waals surface area contributed by atoms with Crippen LogP contribution in [0.25, 0.3) is 0 Å². The second kappa shape index (κ2) is 46.4. The van der Waals surface area contributed by atoms with Gasteiger partial charge in [0.15, 0.2) is 0 Å². The van der Waals surface area contributed by atoms with Gasteiger partial charge >= 0.3 is 0 Å². The molecule has 0 fully saturated rings.